The van der Waals surface area contributed by atoms with Crippen LogP contribution in [0.2, 0.25) is 0 Å². The average molecular weight is 326 g/mol. The molecule has 5 aliphatic rings. The number of carbonyl (C=O) groups is 1. The van der Waals surface area contributed by atoms with Gasteiger partial charge in [-0.3, -0.25) is 15.6 Å². The molecule has 24 heavy (non-hydrogen) atoms. The van der Waals surface area contributed by atoms with E-state index in [2.05, 4.69) is 29.1 Å². The highest BCUT2D eigenvalue weighted by Crippen LogP contribution is 2.53. The molecular weight excluding hydrogens is 300 g/mol. The number of nitrogens with one attached hydrogen (secondary N) is 2. The standard InChI is InChI=1S/C20H26N2O2/c1-11(23)24-20-7-6-15-14-3-2-12-9-19-13(10-21-22-19)8-18(12)16(14)4-5-17(15)20/h4-5,8,12-15,19-22H,2-3,6-7,9-10H2,1H3. The maximum atomic E-state index is 11.4. The molecule has 2 saturated carbocycles. The zero-order valence-electron chi connectivity index (χ0n) is 14.3. The predicted molar refractivity (Wildman–Crippen MR) is 91.8 cm³/mol. The van der Waals surface area contributed by atoms with Crippen LogP contribution in [0.4, 0.5) is 0 Å². The topological polar surface area (TPSA) is 50.4 Å². The third-order valence-corrected chi connectivity index (χ3v) is 6.86. The molecule has 4 heteroatoms. The molecule has 0 spiro atoms. The second kappa shape index (κ2) is 5.57. The van der Waals surface area contributed by atoms with Gasteiger partial charge in [-0.1, -0.05) is 18.2 Å². The molecule has 0 aromatic heterocycles. The Hall–Kier alpha value is -1.39. The predicted octanol–water partition coefficient (Wildman–Crippen LogP) is 2.64. The van der Waals surface area contributed by atoms with Crippen LogP contribution in [0.1, 0.15) is 39.0 Å². The number of hydrazine groups is 1. The van der Waals surface area contributed by atoms with Crippen LogP contribution in [-0.4, -0.2) is 24.7 Å². The van der Waals surface area contributed by atoms with E-state index in [-0.39, 0.29) is 12.1 Å². The van der Waals surface area contributed by atoms with E-state index in [0.717, 1.165) is 18.9 Å². The third kappa shape index (κ3) is 2.23. The quantitative estimate of drug-likeness (QED) is 0.728. The Labute approximate surface area is 143 Å². The maximum absolute atomic E-state index is 11.4. The second-order valence-corrected chi connectivity index (χ2v) is 8.10. The van der Waals surface area contributed by atoms with Gasteiger partial charge in [0.05, 0.1) is 0 Å². The van der Waals surface area contributed by atoms with Crippen LogP contribution in [0.3, 0.4) is 0 Å². The van der Waals surface area contributed by atoms with Crippen LogP contribution in [0, 0.1) is 23.7 Å². The molecule has 0 radical (unpaired) electrons. The molecule has 1 saturated heterocycles. The fourth-order valence-electron chi connectivity index (χ4n) is 5.84. The number of allylic oxidation sites excluding steroid dienone is 4. The van der Waals surface area contributed by atoms with E-state index in [0.29, 0.717) is 23.8 Å². The normalized spacial score (nSPS) is 42.8. The average Bonchev–Trinajstić information content (AvgIpc) is 3.18. The van der Waals surface area contributed by atoms with Crippen LogP contribution in [0.5, 0.6) is 0 Å². The Balaban J connectivity index is 1.47. The number of ether oxygens (including phenoxy) is 1. The largest absolute Gasteiger partial charge is 0.458 e. The second-order valence-electron chi connectivity index (χ2n) is 8.10. The van der Waals surface area contributed by atoms with Crippen molar-refractivity contribution >= 4 is 5.97 Å². The summed E-state index contributed by atoms with van der Waals surface area (Å²) in [6.45, 7) is 2.58. The molecule has 4 nitrogen and oxygen atoms in total. The van der Waals surface area contributed by atoms with Crippen molar-refractivity contribution in [3.8, 4) is 0 Å². The molecule has 6 unspecified atom stereocenters. The Kier molecular flexibility index (Phi) is 3.46. The molecule has 3 fully saturated rings. The van der Waals surface area contributed by atoms with Gasteiger partial charge in [-0.25, -0.2) is 0 Å². The number of fused-ring (bicyclic) bond motifs is 6. The lowest BCUT2D eigenvalue weighted by Crippen LogP contribution is -2.39. The van der Waals surface area contributed by atoms with Gasteiger partial charge in [0.15, 0.2) is 0 Å². The first-order chi connectivity index (χ1) is 11.7. The van der Waals surface area contributed by atoms with Gasteiger partial charge in [-0.05, 0) is 66.6 Å². The van der Waals surface area contributed by atoms with Gasteiger partial charge in [0.2, 0.25) is 0 Å². The smallest absolute Gasteiger partial charge is 0.303 e. The van der Waals surface area contributed by atoms with Crippen LogP contribution < -0.4 is 10.9 Å². The SMILES string of the molecule is CC(=O)OC1CCC2C1=CC=C1C3=CC4CNNC4CC3CCC12. The van der Waals surface area contributed by atoms with Crippen molar-refractivity contribution in [1.29, 1.82) is 0 Å². The number of carbonyl (C=O) groups excluding carboxylic acids is 1. The van der Waals surface area contributed by atoms with Crippen molar-refractivity contribution in [3.63, 3.8) is 0 Å². The molecule has 6 atom stereocenters. The summed E-state index contributed by atoms with van der Waals surface area (Å²) in [5.41, 5.74) is 11.4. The van der Waals surface area contributed by atoms with Gasteiger partial charge < -0.3 is 4.74 Å². The Morgan fingerprint density at radius 2 is 2.00 bits per heavy atom. The minimum atomic E-state index is -0.151. The first kappa shape index (κ1) is 14.9. The third-order valence-electron chi connectivity index (χ3n) is 6.86. The molecule has 5 rings (SSSR count). The summed E-state index contributed by atoms with van der Waals surface area (Å²) < 4.78 is 5.56. The molecule has 1 heterocycles. The molecule has 0 amide bonds. The van der Waals surface area contributed by atoms with Crippen molar-refractivity contribution in [2.75, 3.05) is 6.54 Å². The molecule has 4 aliphatic carbocycles. The first-order valence-electron chi connectivity index (χ1n) is 9.50. The lowest BCUT2D eigenvalue weighted by molar-refractivity contribution is -0.144. The van der Waals surface area contributed by atoms with E-state index in [1.54, 1.807) is 11.1 Å². The Morgan fingerprint density at radius 3 is 2.88 bits per heavy atom. The minimum Gasteiger partial charge on any atom is -0.458 e. The summed E-state index contributed by atoms with van der Waals surface area (Å²) in [7, 11) is 0. The van der Waals surface area contributed by atoms with E-state index >= 15 is 0 Å². The van der Waals surface area contributed by atoms with Crippen molar-refractivity contribution in [2.24, 2.45) is 23.7 Å². The van der Waals surface area contributed by atoms with Gasteiger partial charge in [0.1, 0.15) is 6.10 Å². The molecule has 0 bridgehead atoms. The summed E-state index contributed by atoms with van der Waals surface area (Å²) >= 11 is 0. The van der Waals surface area contributed by atoms with Crippen molar-refractivity contribution in [2.45, 2.75) is 51.2 Å². The zero-order chi connectivity index (χ0) is 16.3. The molecule has 128 valence electrons. The van der Waals surface area contributed by atoms with Crippen molar-refractivity contribution < 1.29 is 9.53 Å². The molecule has 2 N–H and O–H groups in total. The Bertz CT molecular complexity index is 663. The highest BCUT2D eigenvalue weighted by molar-refractivity contribution is 5.66. The Morgan fingerprint density at radius 1 is 1.12 bits per heavy atom. The van der Waals surface area contributed by atoms with Crippen LogP contribution in [-0.2, 0) is 9.53 Å². The van der Waals surface area contributed by atoms with Gasteiger partial charge in [0, 0.05) is 25.4 Å². The molecule has 0 aromatic rings. The molecular formula is C20H26N2O2. The fraction of sp³-hybridized carbons (Fsp3) is 0.650. The first-order valence-corrected chi connectivity index (χ1v) is 9.50. The van der Waals surface area contributed by atoms with Crippen LogP contribution in [0.25, 0.3) is 0 Å². The van der Waals surface area contributed by atoms with Gasteiger partial charge >= 0.3 is 5.97 Å². The van der Waals surface area contributed by atoms with E-state index in [1.807, 2.05) is 0 Å². The highest BCUT2D eigenvalue weighted by atomic mass is 16.5. The summed E-state index contributed by atoms with van der Waals surface area (Å²) in [6, 6.07) is 0.616. The van der Waals surface area contributed by atoms with Crippen LogP contribution in [0.15, 0.2) is 34.9 Å². The number of esters is 1. The lowest BCUT2D eigenvalue weighted by atomic mass is 9.62. The minimum absolute atomic E-state index is 0.0240. The van der Waals surface area contributed by atoms with Crippen molar-refractivity contribution in [1.82, 2.24) is 10.9 Å². The summed E-state index contributed by atoms with van der Waals surface area (Å²) in [6.07, 6.45) is 13.2. The van der Waals surface area contributed by atoms with Crippen molar-refractivity contribution in [3.05, 3.63) is 34.9 Å². The monoisotopic (exact) mass is 326 g/mol. The van der Waals surface area contributed by atoms with Gasteiger partial charge in [-0.15, -0.1) is 0 Å². The fourth-order valence-corrected chi connectivity index (χ4v) is 5.84. The number of rotatable bonds is 1. The van der Waals surface area contributed by atoms with E-state index < -0.39 is 0 Å². The molecule has 0 aromatic carbocycles. The van der Waals surface area contributed by atoms with E-state index in [9.17, 15) is 4.79 Å². The zero-order valence-corrected chi connectivity index (χ0v) is 14.3. The summed E-state index contributed by atoms with van der Waals surface area (Å²) in [5, 5.41) is 0. The summed E-state index contributed by atoms with van der Waals surface area (Å²) in [4.78, 5) is 11.4. The van der Waals surface area contributed by atoms with E-state index in [4.69, 9.17) is 4.74 Å². The van der Waals surface area contributed by atoms with E-state index in [1.165, 1.54) is 38.2 Å². The number of hydrogen-bond donors (Lipinski definition) is 2. The maximum Gasteiger partial charge on any atom is 0.303 e. The molecule has 1 aliphatic heterocycles. The summed E-state index contributed by atoms with van der Waals surface area (Å²) in [5.74, 6) is 2.45. The number of hydrogen-bond acceptors (Lipinski definition) is 4. The van der Waals surface area contributed by atoms with Gasteiger partial charge in [0.25, 0.3) is 0 Å². The van der Waals surface area contributed by atoms with Crippen LogP contribution >= 0.6 is 0 Å². The van der Waals surface area contributed by atoms with Gasteiger partial charge in [-0.2, -0.15) is 0 Å². The highest BCUT2D eigenvalue weighted by Gasteiger charge is 2.45. The lowest BCUT2D eigenvalue weighted by Gasteiger charge is -2.43.